The standard InChI is InChI=1S/C26H34F3N3O/c1-5-18(25(33)30-13-14-32(3)4)15-22-17(2)21-16-20(26(27,28)29)11-12-23(21)31-24(22)19-9-7-6-8-10-19/h6-12,16-18,22,24,31H,5,13-15H2,1-4H3,(H,30,33). The van der Waals surface area contributed by atoms with Gasteiger partial charge in [0.25, 0.3) is 0 Å². The fraction of sp³-hybridized carbons (Fsp3) is 0.500. The number of carbonyl (C=O) groups is 1. The number of carbonyl (C=O) groups excluding carboxylic acids is 1. The fourth-order valence-electron chi connectivity index (χ4n) is 4.71. The van der Waals surface area contributed by atoms with Gasteiger partial charge < -0.3 is 15.5 Å². The van der Waals surface area contributed by atoms with Crippen molar-refractivity contribution in [2.75, 3.05) is 32.5 Å². The molecule has 2 aromatic rings. The van der Waals surface area contributed by atoms with E-state index in [1.807, 2.05) is 63.2 Å². The zero-order valence-electron chi connectivity index (χ0n) is 19.7. The predicted octanol–water partition coefficient (Wildman–Crippen LogP) is 5.69. The fourth-order valence-corrected chi connectivity index (χ4v) is 4.71. The molecule has 1 aliphatic rings. The lowest BCUT2D eigenvalue weighted by molar-refractivity contribution is -0.137. The highest BCUT2D eigenvalue weighted by Crippen LogP contribution is 2.48. The molecule has 3 rings (SSSR count). The Labute approximate surface area is 194 Å². The number of hydrogen-bond acceptors (Lipinski definition) is 3. The SMILES string of the molecule is CCC(CC1C(C)c2cc(C(F)(F)F)ccc2NC1c1ccccc1)C(=O)NCCN(C)C. The molecule has 180 valence electrons. The second-order valence-corrected chi connectivity index (χ2v) is 9.22. The lowest BCUT2D eigenvalue weighted by Crippen LogP contribution is -2.38. The summed E-state index contributed by atoms with van der Waals surface area (Å²) in [6, 6.07) is 13.8. The first-order valence-corrected chi connectivity index (χ1v) is 11.6. The van der Waals surface area contributed by atoms with E-state index >= 15 is 0 Å². The van der Waals surface area contributed by atoms with Crippen molar-refractivity contribution in [2.45, 2.75) is 44.8 Å². The Morgan fingerprint density at radius 3 is 2.45 bits per heavy atom. The van der Waals surface area contributed by atoms with Gasteiger partial charge in [-0.05, 0) is 68.1 Å². The number of amides is 1. The highest BCUT2D eigenvalue weighted by molar-refractivity contribution is 5.78. The largest absolute Gasteiger partial charge is 0.416 e. The zero-order chi connectivity index (χ0) is 24.2. The van der Waals surface area contributed by atoms with E-state index in [1.54, 1.807) is 0 Å². The number of rotatable bonds is 8. The topological polar surface area (TPSA) is 44.4 Å². The Hall–Kier alpha value is -2.54. The van der Waals surface area contributed by atoms with Crippen LogP contribution in [0.4, 0.5) is 18.9 Å². The summed E-state index contributed by atoms with van der Waals surface area (Å²) < 4.78 is 40.2. The Morgan fingerprint density at radius 1 is 1.15 bits per heavy atom. The van der Waals surface area contributed by atoms with Crippen LogP contribution >= 0.6 is 0 Å². The van der Waals surface area contributed by atoms with Crippen molar-refractivity contribution in [2.24, 2.45) is 11.8 Å². The summed E-state index contributed by atoms with van der Waals surface area (Å²) in [5.74, 6) is -0.376. The number of alkyl halides is 3. The normalized spacial score (nSPS) is 21.3. The van der Waals surface area contributed by atoms with Crippen molar-refractivity contribution in [1.29, 1.82) is 0 Å². The molecule has 2 aromatic carbocycles. The van der Waals surface area contributed by atoms with Crippen molar-refractivity contribution >= 4 is 11.6 Å². The van der Waals surface area contributed by atoms with E-state index in [2.05, 4.69) is 10.6 Å². The third-order valence-electron chi connectivity index (χ3n) is 6.69. The number of fused-ring (bicyclic) bond motifs is 1. The lowest BCUT2D eigenvalue weighted by Gasteiger charge is -2.41. The van der Waals surface area contributed by atoms with Gasteiger partial charge in [0.1, 0.15) is 0 Å². The van der Waals surface area contributed by atoms with Gasteiger partial charge in [-0.15, -0.1) is 0 Å². The summed E-state index contributed by atoms with van der Waals surface area (Å²) in [4.78, 5) is 14.9. The number of nitrogens with one attached hydrogen (secondary N) is 2. The molecule has 0 radical (unpaired) electrons. The van der Waals surface area contributed by atoms with E-state index < -0.39 is 11.7 Å². The Bertz CT molecular complexity index is 930. The van der Waals surface area contributed by atoms with Gasteiger partial charge in [-0.3, -0.25) is 4.79 Å². The maximum Gasteiger partial charge on any atom is 0.416 e. The van der Waals surface area contributed by atoms with Crippen LogP contribution in [0.1, 0.15) is 55.3 Å². The van der Waals surface area contributed by atoms with Crippen molar-refractivity contribution < 1.29 is 18.0 Å². The van der Waals surface area contributed by atoms with Crippen LogP contribution in [-0.2, 0) is 11.0 Å². The second kappa shape index (κ2) is 10.6. The second-order valence-electron chi connectivity index (χ2n) is 9.22. The van der Waals surface area contributed by atoms with E-state index in [-0.39, 0.29) is 29.7 Å². The third-order valence-corrected chi connectivity index (χ3v) is 6.69. The minimum Gasteiger partial charge on any atom is -0.378 e. The number of anilines is 1. The van der Waals surface area contributed by atoms with E-state index in [9.17, 15) is 18.0 Å². The van der Waals surface area contributed by atoms with Crippen LogP contribution in [0, 0.1) is 11.8 Å². The highest BCUT2D eigenvalue weighted by atomic mass is 19.4. The molecular weight excluding hydrogens is 427 g/mol. The molecule has 0 spiro atoms. The van der Waals surface area contributed by atoms with Crippen LogP contribution in [0.25, 0.3) is 0 Å². The predicted molar refractivity (Wildman–Crippen MR) is 126 cm³/mol. The van der Waals surface area contributed by atoms with E-state index in [0.29, 0.717) is 24.9 Å². The molecule has 0 saturated heterocycles. The van der Waals surface area contributed by atoms with Crippen LogP contribution in [0.15, 0.2) is 48.5 Å². The molecular formula is C26H34F3N3O. The third kappa shape index (κ3) is 6.08. The molecule has 1 heterocycles. The number of benzene rings is 2. The van der Waals surface area contributed by atoms with Crippen molar-refractivity contribution in [3.05, 3.63) is 65.2 Å². The smallest absolute Gasteiger partial charge is 0.378 e. The number of nitrogens with zero attached hydrogens (tertiary/aromatic N) is 1. The Balaban J connectivity index is 1.91. The number of halogens is 3. The number of likely N-dealkylation sites (N-methyl/N-ethyl adjacent to an activating group) is 1. The molecule has 0 aromatic heterocycles. The van der Waals surface area contributed by atoms with Gasteiger partial charge >= 0.3 is 6.18 Å². The molecule has 0 fully saturated rings. The summed E-state index contributed by atoms with van der Waals surface area (Å²) in [5.41, 5.74) is 1.82. The first-order valence-electron chi connectivity index (χ1n) is 11.6. The summed E-state index contributed by atoms with van der Waals surface area (Å²) >= 11 is 0. The van der Waals surface area contributed by atoms with Gasteiger partial charge in [0.2, 0.25) is 5.91 Å². The molecule has 1 amide bonds. The van der Waals surface area contributed by atoms with Gasteiger partial charge in [-0.1, -0.05) is 44.2 Å². The molecule has 2 N–H and O–H groups in total. The Morgan fingerprint density at radius 2 is 1.85 bits per heavy atom. The zero-order valence-corrected chi connectivity index (χ0v) is 19.7. The van der Waals surface area contributed by atoms with Crippen molar-refractivity contribution in [1.82, 2.24) is 10.2 Å². The van der Waals surface area contributed by atoms with Gasteiger partial charge in [0.05, 0.1) is 11.6 Å². The van der Waals surface area contributed by atoms with Crippen LogP contribution in [0.3, 0.4) is 0 Å². The van der Waals surface area contributed by atoms with Crippen LogP contribution in [0.2, 0.25) is 0 Å². The molecule has 0 bridgehead atoms. The minimum atomic E-state index is -4.39. The number of hydrogen-bond donors (Lipinski definition) is 2. The molecule has 7 heteroatoms. The minimum absolute atomic E-state index is 0.00759. The van der Waals surface area contributed by atoms with Gasteiger partial charge in [-0.25, -0.2) is 0 Å². The molecule has 1 aliphatic heterocycles. The quantitative estimate of drug-likeness (QED) is 0.531. The van der Waals surface area contributed by atoms with Gasteiger partial charge in [0.15, 0.2) is 0 Å². The first kappa shape index (κ1) is 25.1. The molecule has 0 saturated carbocycles. The Kier molecular flexibility index (Phi) is 8.05. The van der Waals surface area contributed by atoms with Crippen molar-refractivity contribution in [3.8, 4) is 0 Å². The maximum atomic E-state index is 13.4. The van der Waals surface area contributed by atoms with E-state index in [0.717, 1.165) is 23.9 Å². The lowest BCUT2D eigenvalue weighted by atomic mass is 9.71. The summed E-state index contributed by atoms with van der Waals surface area (Å²) in [7, 11) is 3.91. The molecule has 4 unspecified atom stereocenters. The van der Waals surface area contributed by atoms with E-state index in [4.69, 9.17) is 0 Å². The molecule has 4 atom stereocenters. The van der Waals surface area contributed by atoms with Crippen LogP contribution < -0.4 is 10.6 Å². The van der Waals surface area contributed by atoms with Crippen LogP contribution in [0.5, 0.6) is 0 Å². The molecule has 0 aliphatic carbocycles. The molecule has 33 heavy (non-hydrogen) atoms. The van der Waals surface area contributed by atoms with Gasteiger partial charge in [0, 0.05) is 24.7 Å². The first-order chi connectivity index (χ1) is 15.6. The van der Waals surface area contributed by atoms with Gasteiger partial charge in [-0.2, -0.15) is 13.2 Å². The van der Waals surface area contributed by atoms with Crippen molar-refractivity contribution in [3.63, 3.8) is 0 Å². The summed E-state index contributed by atoms with van der Waals surface area (Å²) in [6.07, 6.45) is -3.12. The summed E-state index contributed by atoms with van der Waals surface area (Å²) in [5, 5.41) is 6.52. The highest BCUT2D eigenvalue weighted by Gasteiger charge is 2.39. The average Bonchev–Trinajstić information content (AvgIpc) is 2.77. The van der Waals surface area contributed by atoms with Crippen LogP contribution in [-0.4, -0.2) is 38.0 Å². The maximum absolute atomic E-state index is 13.4. The van der Waals surface area contributed by atoms with E-state index in [1.165, 1.54) is 12.1 Å². The molecule has 4 nitrogen and oxygen atoms in total. The average molecular weight is 462 g/mol. The summed E-state index contributed by atoms with van der Waals surface area (Å²) in [6.45, 7) is 5.30. The monoisotopic (exact) mass is 461 g/mol.